The predicted molar refractivity (Wildman–Crippen MR) is 80.9 cm³/mol. The number of piperidine rings is 1. The van der Waals surface area contributed by atoms with Crippen molar-refractivity contribution >= 4 is 0 Å². The Labute approximate surface area is 117 Å². The van der Waals surface area contributed by atoms with Gasteiger partial charge in [-0.1, -0.05) is 18.6 Å². The van der Waals surface area contributed by atoms with E-state index in [0.29, 0.717) is 0 Å². The molecule has 1 saturated heterocycles. The molecule has 0 aromatic heterocycles. The molecule has 2 heteroatoms. The van der Waals surface area contributed by atoms with Gasteiger partial charge in [-0.05, 0) is 76.4 Å². The van der Waals surface area contributed by atoms with Crippen LogP contribution in [0.3, 0.4) is 0 Å². The summed E-state index contributed by atoms with van der Waals surface area (Å²) in [6.07, 6.45) is 6.61. The molecule has 2 nitrogen and oxygen atoms in total. The maximum absolute atomic E-state index is 5.89. The van der Waals surface area contributed by atoms with E-state index in [0.717, 1.165) is 18.8 Å². The van der Waals surface area contributed by atoms with Gasteiger partial charge in [0.2, 0.25) is 0 Å². The molecule has 0 bridgehead atoms. The van der Waals surface area contributed by atoms with Crippen LogP contribution in [-0.2, 0) is 0 Å². The highest BCUT2D eigenvalue weighted by Crippen LogP contribution is 2.20. The lowest BCUT2D eigenvalue weighted by molar-refractivity contribution is 0.216. The van der Waals surface area contributed by atoms with Crippen LogP contribution in [-0.4, -0.2) is 31.1 Å². The molecule has 1 heterocycles. The highest BCUT2D eigenvalue weighted by atomic mass is 16.5. The molecule has 1 aliphatic heterocycles. The number of hydrogen-bond acceptors (Lipinski definition) is 2. The van der Waals surface area contributed by atoms with E-state index in [1.165, 1.54) is 56.4 Å². The Morgan fingerprint density at radius 2 is 1.84 bits per heavy atom. The van der Waals surface area contributed by atoms with Crippen molar-refractivity contribution in [2.45, 2.75) is 46.0 Å². The number of ether oxygens (including phenoxy) is 1. The van der Waals surface area contributed by atoms with Crippen molar-refractivity contribution in [1.82, 2.24) is 4.90 Å². The van der Waals surface area contributed by atoms with Gasteiger partial charge in [0, 0.05) is 0 Å². The zero-order valence-corrected chi connectivity index (χ0v) is 12.5. The molecular formula is C17H27NO. The highest BCUT2D eigenvalue weighted by molar-refractivity contribution is 5.38. The topological polar surface area (TPSA) is 12.5 Å². The molecule has 1 aliphatic rings. The fraction of sp³-hybridized carbons (Fsp3) is 0.647. The van der Waals surface area contributed by atoms with Crippen LogP contribution < -0.4 is 4.74 Å². The molecule has 0 amide bonds. The summed E-state index contributed by atoms with van der Waals surface area (Å²) in [5, 5.41) is 0. The van der Waals surface area contributed by atoms with E-state index in [1.807, 2.05) is 0 Å². The Kier molecular flexibility index (Phi) is 5.71. The normalized spacial score (nSPS) is 16.5. The molecule has 0 atom stereocenters. The lowest BCUT2D eigenvalue weighted by Gasteiger charge is -2.26. The molecule has 0 aliphatic carbocycles. The Hall–Kier alpha value is -1.02. The average molecular weight is 261 g/mol. The molecule has 0 saturated carbocycles. The van der Waals surface area contributed by atoms with E-state index in [2.05, 4.69) is 36.9 Å². The number of rotatable bonds is 6. The molecule has 0 unspecified atom stereocenters. The second-order valence-electron chi connectivity index (χ2n) is 5.66. The van der Waals surface area contributed by atoms with Crippen molar-refractivity contribution < 1.29 is 4.74 Å². The van der Waals surface area contributed by atoms with Gasteiger partial charge in [0.25, 0.3) is 0 Å². The van der Waals surface area contributed by atoms with Gasteiger partial charge in [-0.2, -0.15) is 0 Å². The van der Waals surface area contributed by atoms with Crippen LogP contribution in [0.2, 0.25) is 0 Å². The van der Waals surface area contributed by atoms with Crippen molar-refractivity contribution in [1.29, 1.82) is 0 Å². The zero-order valence-electron chi connectivity index (χ0n) is 12.5. The minimum absolute atomic E-state index is 0.845. The molecule has 1 aromatic rings. The smallest absolute Gasteiger partial charge is 0.122 e. The summed E-state index contributed by atoms with van der Waals surface area (Å²) in [5.74, 6) is 1.05. The third-order valence-corrected chi connectivity index (χ3v) is 4.13. The number of aryl methyl sites for hydroxylation is 1. The first-order chi connectivity index (χ1) is 9.27. The monoisotopic (exact) mass is 261 g/mol. The van der Waals surface area contributed by atoms with Crippen LogP contribution >= 0.6 is 0 Å². The fourth-order valence-corrected chi connectivity index (χ4v) is 2.68. The van der Waals surface area contributed by atoms with Crippen molar-refractivity contribution in [2.24, 2.45) is 0 Å². The van der Waals surface area contributed by atoms with Crippen LogP contribution in [0.25, 0.3) is 0 Å². The second kappa shape index (κ2) is 7.54. The quantitative estimate of drug-likeness (QED) is 0.719. The van der Waals surface area contributed by atoms with Crippen molar-refractivity contribution in [3.8, 4) is 5.75 Å². The number of benzene rings is 1. The summed E-state index contributed by atoms with van der Waals surface area (Å²) < 4.78 is 5.89. The Balaban J connectivity index is 1.62. The molecule has 2 rings (SSSR count). The first-order valence-electron chi connectivity index (χ1n) is 7.69. The molecule has 0 N–H and O–H groups in total. The Bertz CT molecular complexity index is 383. The third kappa shape index (κ3) is 4.54. The van der Waals surface area contributed by atoms with Crippen LogP contribution in [0, 0.1) is 13.8 Å². The number of likely N-dealkylation sites (tertiary alicyclic amines) is 1. The van der Waals surface area contributed by atoms with E-state index in [1.54, 1.807) is 0 Å². The number of unbranched alkanes of at least 4 members (excludes halogenated alkanes) is 1. The van der Waals surface area contributed by atoms with Gasteiger partial charge in [-0.25, -0.2) is 0 Å². The van der Waals surface area contributed by atoms with Gasteiger partial charge < -0.3 is 9.64 Å². The zero-order chi connectivity index (χ0) is 13.5. The first-order valence-corrected chi connectivity index (χ1v) is 7.69. The van der Waals surface area contributed by atoms with Crippen LogP contribution in [0.15, 0.2) is 18.2 Å². The van der Waals surface area contributed by atoms with Crippen LogP contribution in [0.5, 0.6) is 5.75 Å². The summed E-state index contributed by atoms with van der Waals surface area (Å²) in [5.41, 5.74) is 2.59. The lowest BCUT2D eigenvalue weighted by atomic mass is 10.1. The molecule has 0 radical (unpaired) electrons. The minimum Gasteiger partial charge on any atom is -0.493 e. The molecule has 1 aromatic carbocycles. The summed E-state index contributed by atoms with van der Waals surface area (Å²) in [6, 6.07) is 6.29. The summed E-state index contributed by atoms with van der Waals surface area (Å²) in [6.45, 7) is 8.97. The maximum atomic E-state index is 5.89. The maximum Gasteiger partial charge on any atom is 0.122 e. The summed E-state index contributed by atoms with van der Waals surface area (Å²) in [7, 11) is 0. The molecule has 19 heavy (non-hydrogen) atoms. The fourth-order valence-electron chi connectivity index (χ4n) is 2.68. The van der Waals surface area contributed by atoms with Gasteiger partial charge in [-0.3, -0.25) is 0 Å². The van der Waals surface area contributed by atoms with Crippen molar-refractivity contribution in [3.63, 3.8) is 0 Å². The highest BCUT2D eigenvalue weighted by Gasteiger charge is 2.09. The van der Waals surface area contributed by atoms with Crippen LogP contribution in [0.4, 0.5) is 0 Å². The average Bonchev–Trinajstić information content (AvgIpc) is 2.44. The Morgan fingerprint density at radius 1 is 1.05 bits per heavy atom. The SMILES string of the molecule is Cc1cccc(OCCCCN2CCCCC2)c1C. The van der Waals surface area contributed by atoms with Crippen LogP contribution in [0.1, 0.15) is 43.2 Å². The van der Waals surface area contributed by atoms with E-state index >= 15 is 0 Å². The van der Waals surface area contributed by atoms with Gasteiger partial charge in [-0.15, -0.1) is 0 Å². The van der Waals surface area contributed by atoms with E-state index in [4.69, 9.17) is 4.74 Å². The lowest BCUT2D eigenvalue weighted by Crippen LogP contribution is -2.30. The standard InChI is InChI=1S/C17H27NO/c1-15-9-8-10-17(16(15)2)19-14-7-6-13-18-11-4-3-5-12-18/h8-10H,3-7,11-14H2,1-2H3. The van der Waals surface area contributed by atoms with Gasteiger partial charge in [0.15, 0.2) is 0 Å². The van der Waals surface area contributed by atoms with Crippen molar-refractivity contribution in [3.05, 3.63) is 29.3 Å². The predicted octanol–water partition coefficient (Wildman–Crippen LogP) is 3.95. The molecule has 0 spiro atoms. The van der Waals surface area contributed by atoms with Gasteiger partial charge in [0.1, 0.15) is 5.75 Å². The van der Waals surface area contributed by atoms with E-state index in [-0.39, 0.29) is 0 Å². The minimum atomic E-state index is 0.845. The van der Waals surface area contributed by atoms with E-state index < -0.39 is 0 Å². The number of nitrogens with zero attached hydrogens (tertiary/aromatic N) is 1. The summed E-state index contributed by atoms with van der Waals surface area (Å²) in [4.78, 5) is 2.60. The number of hydrogen-bond donors (Lipinski definition) is 0. The van der Waals surface area contributed by atoms with Gasteiger partial charge >= 0.3 is 0 Å². The second-order valence-corrected chi connectivity index (χ2v) is 5.66. The molecule has 106 valence electrons. The summed E-state index contributed by atoms with van der Waals surface area (Å²) >= 11 is 0. The van der Waals surface area contributed by atoms with Gasteiger partial charge in [0.05, 0.1) is 6.61 Å². The molecular weight excluding hydrogens is 234 g/mol. The molecule has 1 fully saturated rings. The Morgan fingerprint density at radius 3 is 2.63 bits per heavy atom. The third-order valence-electron chi connectivity index (χ3n) is 4.13. The largest absolute Gasteiger partial charge is 0.493 e. The van der Waals surface area contributed by atoms with E-state index in [9.17, 15) is 0 Å². The first kappa shape index (κ1) is 14.4. The van der Waals surface area contributed by atoms with Crippen molar-refractivity contribution in [2.75, 3.05) is 26.2 Å².